The molecule has 102 valence electrons. The summed E-state index contributed by atoms with van der Waals surface area (Å²) in [5, 5.41) is 0. The molecule has 1 aromatic carbocycles. The van der Waals surface area contributed by atoms with Crippen LogP contribution in [0.1, 0.15) is 30.5 Å². The van der Waals surface area contributed by atoms with Crippen LogP contribution in [0.25, 0.3) is 0 Å². The number of carbonyl (C=O) groups excluding carboxylic acids is 3. The molecule has 0 N–H and O–H groups in total. The zero-order chi connectivity index (χ0) is 14.3. The van der Waals surface area contributed by atoms with Gasteiger partial charge in [-0.25, -0.2) is 0 Å². The molecule has 0 saturated heterocycles. The summed E-state index contributed by atoms with van der Waals surface area (Å²) in [6.45, 7) is 1.35. The van der Waals surface area contributed by atoms with Crippen LogP contribution in [0.2, 0.25) is 0 Å². The number of amides is 2. The van der Waals surface area contributed by atoms with Gasteiger partial charge in [-0.1, -0.05) is 6.07 Å². The highest BCUT2D eigenvalue weighted by atomic mass is 16.5. The molecular weight excluding hydrogens is 258 g/mol. The van der Waals surface area contributed by atoms with E-state index in [1.807, 2.05) is 6.07 Å². The highest BCUT2D eigenvalue weighted by molar-refractivity contribution is 6.13. The van der Waals surface area contributed by atoms with Gasteiger partial charge in [0.25, 0.3) is 11.8 Å². The van der Waals surface area contributed by atoms with Crippen molar-refractivity contribution in [2.75, 3.05) is 0 Å². The number of hydrogen-bond acceptors (Lipinski definition) is 4. The van der Waals surface area contributed by atoms with E-state index in [1.54, 1.807) is 12.1 Å². The van der Waals surface area contributed by atoms with Crippen LogP contribution < -0.4 is 4.74 Å². The van der Waals surface area contributed by atoms with Gasteiger partial charge in [0.15, 0.2) is 0 Å². The summed E-state index contributed by atoms with van der Waals surface area (Å²) in [5.41, 5.74) is 1.97. The van der Waals surface area contributed by atoms with Gasteiger partial charge in [-0.3, -0.25) is 19.3 Å². The maximum absolute atomic E-state index is 11.7. The lowest BCUT2D eigenvalue weighted by atomic mass is 10.1. The maximum Gasteiger partial charge on any atom is 0.308 e. The molecular formula is C15H13NO4. The van der Waals surface area contributed by atoms with Gasteiger partial charge in [0.1, 0.15) is 5.75 Å². The topological polar surface area (TPSA) is 63.7 Å². The first-order valence-electron chi connectivity index (χ1n) is 6.43. The standard InChI is InChI=1S/C15H13NO4/c1-9(17)20-11-3-4-12-10(8-11)2-5-13(12)16-14(18)6-7-15(16)19/h3-4,6-8,13H,2,5H2,1H3/t13-/m0/s1. The minimum Gasteiger partial charge on any atom is -0.427 e. The second-order valence-electron chi connectivity index (χ2n) is 4.89. The minimum atomic E-state index is -0.367. The van der Waals surface area contributed by atoms with Crippen LogP contribution in [0.3, 0.4) is 0 Å². The number of nitrogens with zero attached hydrogens (tertiary/aromatic N) is 1. The molecule has 1 aliphatic carbocycles. The fraction of sp³-hybridized carbons (Fsp3) is 0.267. The van der Waals surface area contributed by atoms with Crippen molar-refractivity contribution in [1.82, 2.24) is 4.90 Å². The van der Waals surface area contributed by atoms with Crippen LogP contribution in [0.5, 0.6) is 5.75 Å². The van der Waals surface area contributed by atoms with Gasteiger partial charge in [-0.15, -0.1) is 0 Å². The van der Waals surface area contributed by atoms with Gasteiger partial charge in [0.2, 0.25) is 0 Å². The van der Waals surface area contributed by atoms with Gasteiger partial charge < -0.3 is 4.74 Å². The molecule has 1 aromatic rings. The van der Waals surface area contributed by atoms with Gasteiger partial charge in [-0.2, -0.15) is 0 Å². The van der Waals surface area contributed by atoms with Crippen molar-refractivity contribution in [2.24, 2.45) is 0 Å². The van der Waals surface area contributed by atoms with Crippen molar-refractivity contribution in [3.05, 3.63) is 41.5 Å². The van der Waals surface area contributed by atoms with Gasteiger partial charge in [0.05, 0.1) is 6.04 Å². The number of ether oxygens (including phenoxy) is 1. The smallest absolute Gasteiger partial charge is 0.308 e. The third kappa shape index (κ3) is 2.01. The van der Waals surface area contributed by atoms with Crippen LogP contribution in [0, 0.1) is 0 Å². The van der Waals surface area contributed by atoms with E-state index >= 15 is 0 Å². The van der Waals surface area contributed by atoms with E-state index in [2.05, 4.69) is 0 Å². The number of fused-ring (bicyclic) bond motifs is 1. The van der Waals surface area contributed by atoms with E-state index in [0.717, 1.165) is 17.5 Å². The predicted molar refractivity (Wildman–Crippen MR) is 69.8 cm³/mol. The van der Waals surface area contributed by atoms with Crippen LogP contribution in [-0.2, 0) is 20.8 Å². The summed E-state index contributed by atoms with van der Waals surface area (Å²) in [5.74, 6) is -0.406. The van der Waals surface area contributed by atoms with Crippen molar-refractivity contribution in [3.8, 4) is 5.75 Å². The van der Waals surface area contributed by atoms with Gasteiger partial charge >= 0.3 is 5.97 Å². The Balaban J connectivity index is 1.89. The van der Waals surface area contributed by atoms with Crippen LogP contribution >= 0.6 is 0 Å². The molecule has 1 heterocycles. The Morgan fingerprint density at radius 1 is 1.25 bits per heavy atom. The Kier molecular flexibility index (Phi) is 2.89. The first-order valence-corrected chi connectivity index (χ1v) is 6.43. The Hall–Kier alpha value is -2.43. The third-order valence-corrected chi connectivity index (χ3v) is 3.58. The molecule has 1 atom stereocenters. The second-order valence-corrected chi connectivity index (χ2v) is 4.89. The lowest BCUT2D eigenvalue weighted by molar-refractivity contribution is -0.139. The normalized spacial score (nSPS) is 20.4. The lowest BCUT2D eigenvalue weighted by Crippen LogP contribution is -2.33. The Labute approximate surface area is 115 Å². The highest BCUT2D eigenvalue weighted by Crippen LogP contribution is 2.38. The van der Waals surface area contributed by atoms with E-state index in [1.165, 1.54) is 24.0 Å². The summed E-state index contributed by atoms with van der Waals surface area (Å²) in [6.07, 6.45) is 4.06. The fourth-order valence-electron chi connectivity index (χ4n) is 2.79. The number of benzene rings is 1. The summed E-state index contributed by atoms with van der Waals surface area (Å²) >= 11 is 0. The van der Waals surface area contributed by atoms with Crippen LogP contribution in [0.4, 0.5) is 0 Å². The van der Waals surface area contributed by atoms with Crippen molar-refractivity contribution < 1.29 is 19.1 Å². The molecule has 5 nitrogen and oxygen atoms in total. The quantitative estimate of drug-likeness (QED) is 0.465. The van der Waals surface area contributed by atoms with Gasteiger partial charge in [-0.05, 0) is 36.1 Å². The zero-order valence-electron chi connectivity index (χ0n) is 11.0. The van der Waals surface area contributed by atoms with Crippen molar-refractivity contribution in [2.45, 2.75) is 25.8 Å². The molecule has 5 heteroatoms. The molecule has 0 spiro atoms. The lowest BCUT2D eigenvalue weighted by Gasteiger charge is -2.22. The van der Waals surface area contributed by atoms with E-state index < -0.39 is 0 Å². The number of aryl methyl sites for hydroxylation is 1. The molecule has 3 rings (SSSR count). The van der Waals surface area contributed by atoms with E-state index in [0.29, 0.717) is 12.2 Å². The molecule has 2 aliphatic rings. The number of imide groups is 1. The van der Waals surface area contributed by atoms with Crippen LogP contribution in [0.15, 0.2) is 30.4 Å². The van der Waals surface area contributed by atoms with Crippen molar-refractivity contribution >= 4 is 17.8 Å². The third-order valence-electron chi connectivity index (χ3n) is 3.58. The van der Waals surface area contributed by atoms with Gasteiger partial charge in [0, 0.05) is 19.1 Å². The van der Waals surface area contributed by atoms with E-state index in [-0.39, 0.29) is 23.8 Å². The number of hydrogen-bond donors (Lipinski definition) is 0. The summed E-state index contributed by atoms with van der Waals surface area (Å²) in [6, 6.07) is 5.10. The SMILES string of the molecule is CC(=O)Oc1ccc2c(c1)CC[C@@H]2N1C(=O)C=CC1=O. The molecule has 1 aliphatic heterocycles. The monoisotopic (exact) mass is 271 g/mol. The number of esters is 1. The zero-order valence-corrected chi connectivity index (χ0v) is 11.0. The minimum absolute atomic E-state index is 0.216. The first-order chi connectivity index (χ1) is 9.56. The average Bonchev–Trinajstić information content (AvgIpc) is 2.92. The molecule has 0 radical (unpaired) electrons. The molecule has 0 unspecified atom stereocenters. The fourth-order valence-corrected chi connectivity index (χ4v) is 2.79. The van der Waals surface area contributed by atoms with Crippen molar-refractivity contribution in [1.29, 1.82) is 0 Å². The van der Waals surface area contributed by atoms with E-state index in [9.17, 15) is 14.4 Å². The molecule has 2 amide bonds. The molecule has 20 heavy (non-hydrogen) atoms. The predicted octanol–water partition coefficient (Wildman–Crippen LogP) is 1.52. The Morgan fingerprint density at radius 2 is 1.95 bits per heavy atom. The first kappa shape index (κ1) is 12.6. The van der Waals surface area contributed by atoms with Crippen LogP contribution in [-0.4, -0.2) is 22.7 Å². The summed E-state index contributed by atoms with van der Waals surface area (Å²) in [7, 11) is 0. The van der Waals surface area contributed by atoms with Crippen molar-refractivity contribution in [3.63, 3.8) is 0 Å². The highest BCUT2D eigenvalue weighted by Gasteiger charge is 2.36. The number of rotatable bonds is 2. The Morgan fingerprint density at radius 3 is 2.60 bits per heavy atom. The largest absolute Gasteiger partial charge is 0.427 e. The van der Waals surface area contributed by atoms with E-state index in [4.69, 9.17) is 4.74 Å². The number of carbonyl (C=O) groups is 3. The maximum atomic E-state index is 11.7. The summed E-state index contributed by atoms with van der Waals surface area (Å²) < 4.78 is 5.04. The molecule has 0 fully saturated rings. The second kappa shape index (κ2) is 4.59. The molecule has 0 bridgehead atoms. The average molecular weight is 271 g/mol. The Bertz CT molecular complexity index is 629. The summed E-state index contributed by atoms with van der Waals surface area (Å²) in [4.78, 5) is 35.7. The molecule has 0 aromatic heterocycles. The molecule has 0 saturated carbocycles.